The largest absolute Gasteiger partial charge is 0.256 e. The summed E-state index contributed by atoms with van der Waals surface area (Å²) in [5.41, 5.74) is 3.40. The molecular weight excluding hydrogens is 244 g/mol. The maximum atomic E-state index is 5.90. The molecule has 0 N–H and O–H groups in total. The normalized spacial score (nSPS) is 10.7. The van der Waals surface area contributed by atoms with Crippen molar-refractivity contribution in [3.63, 3.8) is 0 Å². The number of benzene rings is 1. The van der Waals surface area contributed by atoms with Crippen LogP contribution in [0.25, 0.3) is 10.9 Å². The lowest BCUT2D eigenvalue weighted by Gasteiger charge is -2.05. The van der Waals surface area contributed by atoms with E-state index in [2.05, 4.69) is 34.2 Å². The van der Waals surface area contributed by atoms with Crippen LogP contribution in [0.15, 0.2) is 54.9 Å². The summed E-state index contributed by atoms with van der Waals surface area (Å²) in [5, 5.41) is 1.69. The number of halogens is 1. The van der Waals surface area contributed by atoms with Crippen LogP contribution >= 0.6 is 11.6 Å². The number of hydrogen-bond donors (Lipinski definition) is 0. The monoisotopic (exact) mass is 254 g/mol. The SMILES string of the molecule is Clc1cc(Cc2cccc3cccnc23)ccn1. The minimum Gasteiger partial charge on any atom is -0.256 e. The molecule has 0 unspecified atom stereocenters. The average Bonchev–Trinajstić information content (AvgIpc) is 2.39. The molecule has 3 rings (SSSR count). The second kappa shape index (κ2) is 4.75. The van der Waals surface area contributed by atoms with E-state index in [1.165, 1.54) is 5.56 Å². The van der Waals surface area contributed by atoms with Gasteiger partial charge in [0.25, 0.3) is 0 Å². The van der Waals surface area contributed by atoms with Crippen LogP contribution in [0, 0.1) is 0 Å². The van der Waals surface area contributed by atoms with Crippen LogP contribution in [0.5, 0.6) is 0 Å². The van der Waals surface area contributed by atoms with E-state index in [1.54, 1.807) is 6.20 Å². The van der Waals surface area contributed by atoms with E-state index < -0.39 is 0 Å². The van der Waals surface area contributed by atoms with E-state index >= 15 is 0 Å². The Hall–Kier alpha value is -1.93. The summed E-state index contributed by atoms with van der Waals surface area (Å²) in [7, 11) is 0. The lowest BCUT2D eigenvalue weighted by Crippen LogP contribution is -1.92. The Morgan fingerprint density at radius 3 is 2.72 bits per heavy atom. The van der Waals surface area contributed by atoms with Crippen LogP contribution in [0.3, 0.4) is 0 Å². The molecule has 1 aromatic carbocycles. The summed E-state index contributed by atoms with van der Waals surface area (Å²) in [5.74, 6) is 0. The molecule has 0 saturated carbocycles. The van der Waals surface area contributed by atoms with Crippen molar-refractivity contribution < 1.29 is 0 Å². The number of fused-ring (bicyclic) bond motifs is 1. The minimum absolute atomic E-state index is 0.528. The first-order valence-corrected chi connectivity index (χ1v) is 6.14. The van der Waals surface area contributed by atoms with Crippen LogP contribution < -0.4 is 0 Å². The van der Waals surface area contributed by atoms with Crippen molar-refractivity contribution in [3.8, 4) is 0 Å². The fraction of sp³-hybridized carbons (Fsp3) is 0.0667. The summed E-state index contributed by atoms with van der Waals surface area (Å²) in [6, 6.07) is 14.1. The van der Waals surface area contributed by atoms with Crippen LogP contribution in [0.1, 0.15) is 11.1 Å². The summed E-state index contributed by atoms with van der Waals surface area (Å²) >= 11 is 5.90. The zero-order chi connectivity index (χ0) is 12.4. The van der Waals surface area contributed by atoms with Gasteiger partial charge in [0.1, 0.15) is 5.15 Å². The maximum absolute atomic E-state index is 5.90. The van der Waals surface area contributed by atoms with E-state index in [1.807, 2.05) is 24.4 Å². The molecule has 3 heteroatoms. The Morgan fingerprint density at radius 2 is 1.83 bits per heavy atom. The second-order valence-electron chi connectivity index (χ2n) is 4.16. The predicted molar refractivity (Wildman–Crippen MR) is 73.8 cm³/mol. The van der Waals surface area contributed by atoms with Gasteiger partial charge in [-0.3, -0.25) is 4.98 Å². The molecule has 0 spiro atoms. The zero-order valence-corrected chi connectivity index (χ0v) is 10.4. The third kappa shape index (κ3) is 2.20. The van der Waals surface area contributed by atoms with Crippen LogP contribution in [0.2, 0.25) is 5.15 Å². The first-order valence-electron chi connectivity index (χ1n) is 5.76. The number of hydrogen-bond acceptors (Lipinski definition) is 2. The predicted octanol–water partition coefficient (Wildman–Crippen LogP) is 3.87. The highest BCUT2D eigenvalue weighted by Crippen LogP contribution is 2.19. The first kappa shape index (κ1) is 11.2. The maximum Gasteiger partial charge on any atom is 0.129 e. The molecule has 0 bridgehead atoms. The summed E-state index contributed by atoms with van der Waals surface area (Å²) in [6.45, 7) is 0. The van der Waals surface area contributed by atoms with Gasteiger partial charge in [0.15, 0.2) is 0 Å². The fourth-order valence-corrected chi connectivity index (χ4v) is 2.28. The molecular formula is C15H11ClN2. The Kier molecular flexibility index (Phi) is 2.95. The molecule has 18 heavy (non-hydrogen) atoms. The molecule has 2 aromatic heterocycles. The van der Waals surface area contributed by atoms with Gasteiger partial charge < -0.3 is 0 Å². The minimum atomic E-state index is 0.528. The first-order chi connectivity index (χ1) is 8.83. The molecule has 0 saturated heterocycles. The van der Waals surface area contributed by atoms with Gasteiger partial charge in [0, 0.05) is 17.8 Å². The summed E-state index contributed by atoms with van der Waals surface area (Å²) < 4.78 is 0. The molecule has 0 radical (unpaired) electrons. The van der Waals surface area contributed by atoms with E-state index in [0.717, 1.165) is 22.9 Å². The molecule has 0 atom stereocenters. The number of nitrogens with zero attached hydrogens (tertiary/aromatic N) is 2. The van der Waals surface area contributed by atoms with Gasteiger partial charge in [-0.05, 0) is 35.7 Å². The standard InChI is InChI=1S/C15H11ClN2/c16-14-10-11(6-8-17-14)9-13-4-1-3-12-5-2-7-18-15(12)13/h1-8,10H,9H2. The molecule has 0 aliphatic rings. The van der Waals surface area contributed by atoms with Crippen molar-refractivity contribution in [1.29, 1.82) is 0 Å². The van der Waals surface area contributed by atoms with E-state index in [4.69, 9.17) is 11.6 Å². The van der Waals surface area contributed by atoms with Crippen molar-refractivity contribution in [2.24, 2.45) is 0 Å². The van der Waals surface area contributed by atoms with Crippen molar-refractivity contribution >= 4 is 22.5 Å². The number of rotatable bonds is 2. The highest BCUT2D eigenvalue weighted by Gasteiger charge is 2.03. The number of pyridine rings is 2. The Morgan fingerprint density at radius 1 is 0.944 bits per heavy atom. The molecule has 0 aliphatic heterocycles. The molecule has 3 aromatic rings. The fourth-order valence-electron chi connectivity index (χ4n) is 2.08. The van der Waals surface area contributed by atoms with Crippen molar-refractivity contribution in [2.45, 2.75) is 6.42 Å². The van der Waals surface area contributed by atoms with Gasteiger partial charge in [-0.1, -0.05) is 35.9 Å². The van der Waals surface area contributed by atoms with E-state index in [-0.39, 0.29) is 0 Å². The van der Waals surface area contributed by atoms with Crippen LogP contribution in [0.4, 0.5) is 0 Å². The molecule has 88 valence electrons. The second-order valence-corrected chi connectivity index (χ2v) is 4.54. The summed E-state index contributed by atoms with van der Waals surface area (Å²) in [6.07, 6.45) is 4.37. The van der Waals surface area contributed by atoms with Gasteiger partial charge in [-0.15, -0.1) is 0 Å². The topological polar surface area (TPSA) is 25.8 Å². The van der Waals surface area contributed by atoms with Crippen molar-refractivity contribution in [1.82, 2.24) is 9.97 Å². The molecule has 0 aliphatic carbocycles. The Balaban J connectivity index is 2.05. The molecule has 2 nitrogen and oxygen atoms in total. The summed E-state index contributed by atoms with van der Waals surface area (Å²) in [4.78, 5) is 8.44. The van der Waals surface area contributed by atoms with Gasteiger partial charge in [-0.2, -0.15) is 0 Å². The molecule has 2 heterocycles. The van der Waals surface area contributed by atoms with Gasteiger partial charge in [-0.25, -0.2) is 4.98 Å². The highest BCUT2D eigenvalue weighted by atomic mass is 35.5. The lowest BCUT2D eigenvalue weighted by atomic mass is 10.0. The van der Waals surface area contributed by atoms with E-state index in [9.17, 15) is 0 Å². The molecule has 0 amide bonds. The number of aromatic nitrogens is 2. The van der Waals surface area contributed by atoms with Crippen LogP contribution in [-0.2, 0) is 6.42 Å². The van der Waals surface area contributed by atoms with Gasteiger partial charge in [0.2, 0.25) is 0 Å². The smallest absolute Gasteiger partial charge is 0.129 e. The lowest BCUT2D eigenvalue weighted by molar-refractivity contribution is 1.16. The Labute approximate surface area is 110 Å². The third-order valence-electron chi connectivity index (χ3n) is 2.90. The zero-order valence-electron chi connectivity index (χ0n) is 9.68. The van der Waals surface area contributed by atoms with Gasteiger partial charge in [0.05, 0.1) is 5.52 Å². The van der Waals surface area contributed by atoms with Crippen molar-refractivity contribution in [2.75, 3.05) is 0 Å². The Bertz CT molecular complexity index is 689. The number of para-hydroxylation sites is 1. The molecule has 0 fully saturated rings. The third-order valence-corrected chi connectivity index (χ3v) is 3.11. The van der Waals surface area contributed by atoms with Crippen LogP contribution in [-0.4, -0.2) is 9.97 Å². The quantitative estimate of drug-likeness (QED) is 0.649. The average molecular weight is 255 g/mol. The van der Waals surface area contributed by atoms with Gasteiger partial charge >= 0.3 is 0 Å². The highest BCUT2D eigenvalue weighted by molar-refractivity contribution is 6.29. The van der Waals surface area contributed by atoms with Crippen molar-refractivity contribution in [3.05, 3.63) is 71.1 Å². The van der Waals surface area contributed by atoms with E-state index in [0.29, 0.717) is 5.15 Å².